The molecule has 19 heavy (non-hydrogen) atoms. The van der Waals surface area contributed by atoms with E-state index in [0.717, 1.165) is 17.0 Å². The molecule has 0 bridgehead atoms. The lowest BCUT2D eigenvalue weighted by Crippen LogP contribution is -2.18. The molecule has 1 unspecified atom stereocenters. The maximum atomic E-state index is 6.06. The van der Waals surface area contributed by atoms with Gasteiger partial charge in [0.1, 0.15) is 0 Å². The van der Waals surface area contributed by atoms with Crippen LogP contribution in [-0.2, 0) is 6.42 Å². The van der Waals surface area contributed by atoms with E-state index in [9.17, 15) is 0 Å². The zero-order valence-electron chi connectivity index (χ0n) is 10.5. The fourth-order valence-electron chi connectivity index (χ4n) is 2.02. The molecule has 1 nitrogen and oxygen atoms in total. The van der Waals surface area contributed by atoms with E-state index < -0.39 is 0 Å². The summed E-state index contributed by atoms with van der Waals surface area (Å²) in [4.78, 5) is 0. The molecule has 0 radical (unpaired) electrons. The lowest BCUT2D eigenvalue weighted by Gasteiger charge is -2.17. The molecular formula is C15H14Cl3N. The van der Waals surface area contributed by atoms with Gasteiger partial charge in [0, 0.05) is 11.1 Å². The van der Waals surface area contributed by atoms with Crippen LogP contribution in [0.25, 0.3) is 0 Å². The predicted octanol–water partition coefficient (Wildman–Crippen LogP) is 5.15. The van der Waals surface area contributed by atoms with Gasteiger partial charge in [0.2, 0.25) is 0 Å². The van der Waals surface area contributed by atoms with E-state index in [2.05, 4.69) is 11.4 Å². The van der Waals surface area contributed by atoms with Crippen LogP contribution in [0.1, 0.15) is 17.2 Å². The summed E-state index contributed by atoms with van der Waals surface area (Å²) in [6, 6.07) is 13.7. The summed E-state index contributed by atoms with van der Waals surface area (Å²) < 4.78 is 0. The van der Waals surface area contributed by atoms with Gasteiger partial charge in [-0.1, -0.05) is 53.0 Å². The molecule has 2 aromatic carbocycles. The molecule has 1 N–H and O–H groups in total. The summed E-state index contributed by atoms with van der Waals surface area (Å²) in [5, 5.41) is 5.19. The average Bonchev–Trinajstić information content (AvgIpc) is 2.39. The third-order valence-electron chi connectivity index (χ3n) is 3.02. The fourth-order valence-corrected chi connectivity index (χ4v) is 2.53. The molecule has 2 aromatic rings. The summed E-state index contributed by atoms with van der Waals surface area (Å²) >= 11 is 18.0. The number of hydrogen-bond acceptors (Lipinski definition) is 1. The highest BCUT2D eigenvalue weighted by atomic mass is 35.5. The SMILES string of the molecule is CNC(Cc1cccc(Cl)c1)c1ccc(Cl)c(Cl)c1. The van der Waals surface area contributed by atoms with Crippen molar-refractivity contribution in [3.05, 3.63) is 68.7 Å². The van der Waals surface area contributed by atoms with Gasteiger partial charge in [-0.05, 0) is 48.9 Å². The zero-order chi connectivity index (χ0) is 13.8. The Labute approximate surface area is 128 Å². The molecular weight excluding hydrogens is 301 g/mol. The summed E-state index contributed by atoms with van der Waals surface area (Å²) in [6.07, 6.45) is 0.842. The maximum Gasteiger partial charge on any atom is 0.0595 e. The van der Waals surface area contributed by atoms with Crippen LogP contribution in [0, 0.1) is 0 Å². The number of hydrogen-bond donors (Lipinski definition) is 1. The number of halogens is 3. The van der Waals surface area contributed by atoms with Gasteiger partial charge in [0.15, 0.2) is 0 Å². The van der Waals surface area contributed by atoms with Crippen LogP contribution in [0.2, 0.25) is 15.1 Å². The first-order valence-corrected chi connectivity index (χ1v) is 7.10. The molecule has 0 aliphatic rings. The average molecular weight is 315 g/mol. The summed E-state index contributed by atoms with van der Waals surface area (Å²) in [7, 11) is 1.93. The molecule has 0 amide bonds. The first-order chi connectivity index (χ1) is 9.10. The molecule has 0 heterocycles. The molecule has 0 fully saturated rings. The summed E-state index contributed by atoms with van der Waals surface area (Å²) in [5.74, 6) is 0. The van der Waals surface area contributed by atoms with Gasteiger partial charge in [-0.25, -0.2) is 0 Å². The number of benzene rings is 2. The molecule has 0 saturated carbocycles. The van der Waals surface area contributed by atoms with Gasteiger partial charge in [-0.3, -0.25) is 0 Å². The molecule has 0 aromatic heterocycles. The molecule has 0 spiro atoms. The number of nitrogens with one attached hydrogen (secondary N) is 1. The second kappa shape index (κ2) is 6.62. The molecule has 1 atom stereocenters. The zero-order valence-corrected chi connectivity index (χ0v) is 12.7. The van der Waals surface area contributed by atoms with Crippen LogP contribution in [0.15, 0.2) is 42.5 Å². The Bertz CT molecular complexity index is 569. The smallest absolute Gasteiger partial charge is 0.0595 e. The van der Waals surface area contributed by atoms with E-state index in [1.165, 1.54) is 5.56 Å². The quantitative estimate of drug-likeness (QED) is 0.823. The predicted molar refractivity (Wildman–Crippen MR) is 83.4 cm³/mol. The second-order valence-electron chi connectivity index (χ2n) is 4.35. The van der Waals surface area contributed by atoms with Gasteiger partial charge in [-0.2, -0.15) is 0 Å². The van der Waals surface area contributed by atoms with Gasteiger partial charge >= 0.3 is 0 Å². The second-order valence-corrected chi connectivity index (χ2v) is 5.60. The molecule has 2 rings (SSSR count). The van der Waals surface area contributed by atoms with E-state index in [1.807, 2.05) is 43.4 Å². The minimum absolute atomic E-state index is 0.174. The Kier molecular flexibility index (Phi) is 5.12. The third kappa shape index (κ3) is 3.87. The van der Waals surface area contributed by atoms with E-state index in [4.69, 9.17) is 34.8 Å². The Morgan fingerprint density at radius 3 is 2.42 bits per heavy atom. The highest BCUT2D eigenvalue weighted by Gasteiger charge is 2.12. The highest BCUT2D eigenvalue weighted by Crippen LogP contribution is 2.27. The van der Waals surface area contributed by atoms with Crippen molar-refractivity contribution in [1.82, 2.24) is 5.32 Å². The van der Waals surface area contributed by atoms with Crippen molar-refractivity contribution < 1.29 is 0 Å². The Morgan fingerprint density at radius 1 is 1.00 bits per heavy atom. The van der Waals surface area contributed by atoms with Crippen LogP contribution in [-0.4, -0.2) is 7.05 Å². The summed E-state index contributed by atoms with van der Waals surface area (Å²) in [6.45, 7) is 0. The van der Waals surface area contributed by atoms with Gasteiger partial charge < -0.3 is 5.32 Å². The van der Waals surface area contributed by atoms with Crippen molar-refractivity contribution in [1.29, 1.82) is 0 Å². The number of likely N-dealkylation sites (N-methyl/N-ethyl adjacent to an activating group) is 1. The van der Waals surface area contributed by atoms with E-state index in [1.54, 1.807) is 0 Å². The fraction of sp³-hybridized carbons (Fsp3) is 0.200. The van der Waals surface area contributed by atoms with E-state index in [0.29, 0.717) is 10.0 Å². The van der Waals surface area contributed by atoms with Crippen molar-refractivity contribution in [2.24, 2.45) is 0 Å². The first kappa shape index (κ1) is 14.7. The van der Waals surface area contributed by atoms with Crippen molar-refractivity contribution in [2.45, 2.75) is 12.5 Å². The monoisotopic (exact) mass is 313 g/mol. The lowest BCUT2D eigenvalue weighted by molar-refractivity contribution is 0.592. The highest BCUT2D eigenvalue weighted by molar-refractivity contribution is 6.42. The van der Waals surface area contributed by atoms with Crippen LogP contribution in [0.4, 0.5) is 0 Å². The van der Waals surface area contributed by atoms with Crippen molar-refractivity contribution in [2.75, 3.05) is 7.05 Å². The van der Waals surface area contributed by atoms with Gasteiger partial charge in [0.05, 0.1) is 10.0 Å². The van der Waals surface area contributed by atoms with Gasteiger partial charge in [-0.15, -0.1) is 0 Å². The molecule has 4 heteroatoms. The van der Waals surface area contributed by atoms with Crippen molar-refractivity contribution in [3.8, 4) is 0 Å². The molecule has 0 saturated heterocycles. The standard InChI is InChI=1S/C15H14Cl3N/c1-19-15(8-10-3-2-4-12(16)7-10)11-5-6-13(17)14(18)9-11/h2-7,9,15,19H,8H2,1H3. The normalized spacial score (nSPS) is 12.4. The van der Waals surface area contributed by atoms with Crippen LogP contribution in [0.5, 0.6) is 0 Å². The Morgan fingerprint density at radius 2 is 1.79 bits per heavy atom. The summed E-state index contributed by atoms with van der Waals surface area (Å²) in [5.41, 5.74) is 2.29. The van der Waals surface area contributed by atoms with Crippen LogP contribution in [0.3, 0.4) is 0 Å². The van der Waals surface area contributed by atoms with Crippen LogP contribution < -0.4 is 5.32 Å². The Balaban J connectivity index is 2.22. The van der Waals surface area contributed by atoms with Crippen molar-refractivity contribution in [3.63, 3.8) is 0 Å². The minimum Gasteiger partial charge on any atom is -0.313 e. The third-order valence-corrected chi connectivity index (χ3v) is 4.00. The topological polar surface area (TPSA) is 12.0 Å². The molecule has 0 aliphatic carbocycles. The minimum atomic E-state index is 0.174. The molecule has 0 aliphatic heterocycles. The largest absolute Gasteiger partial charge is 0.313 e. The lowest BCUT2D eigenvalue weighted by atomic mass is 9.99. The first-order valence-electron chi connectivity index (χ1n) is 5.97. The van der Waals surface area contributed by atoms with Gasteiger partial charge in [0.25, 0.3) is 0 Å². The molecule has 100 valence electrons. The van der Waals surface area contributed by atoms with E-state index >= 15 is 0 Å². The maximum absolute atomic E-state index is 6.06. The van der Waals surface area contributed by atoms with E-state index in [-0.39, 0.29) is 6.04 Å². The van der Waals surface area contributed by atoms with Crippen LogP contribution >= 0.6 is 34.8 Å². The Hall–Kier alpha value is -0.730. The van der Waals surface area contributed by atoms with Crippen molar-refractivity contribution >= 4 is 34.8 Å². The number of rotatable bonds is 4.